The summed E-state index contributed by atoms with van der Waals surface area (Å²) in [5.41, 5.74) is 2.00. The van der Waals surface area contributed by atoms with Crippen LogP contribution in [0.3, 0.4) is 0 Å². The first-order chi connectivity index (χ1) is 13.4. The number of halogens is 1. The normalized spacial score (nSPS) is 18.4. The molecule has 1 aliphatic rings. The van der Waals surface area contributed by atoms with Crippen molar-refractivity contribution >= 4 is 32.7 Å². The third-order valence-electron chi connectivity index (χ3n) is 4.91. The summed E-state index contributed by atoms with van der Waals surface area (Å²) >= 11 is 5.89. The van der Waals surface area contributed by atoms with Gasteiger partial charge in [0.1, 0.15) is 17.6 Å². The van der Waals surface area contributed by atoms with E-state index in [1.165, 1.54) is 4.85 Å². The molecule has 2 heterocycles. The van der Waals surface area contributed by atoms with Gasteiger partial charge in [0.05, 0.1) is 4.90 Å². The van der Waals surface area contributed by atoms with Crippen molar-refractivity contribution in [3.05, 3.63) is 53.1 Å². The molecule has 0 radical (unpaired) electrons. The SMILES string of the molecule is C[C@H]1CCCN(S(=O)(=O)c2ccc3nnn(OCc4ccc(Cl)cc4)c3c2)C1. The van der Waals surface area contributed by atoms with E-state index in [1.54, 1.807) is 34.6 Å². The van der Waals surface area contributed by atoms with E-state index in [1.807, 2.05) is 12.1 Å². The lowest BCUT2D eigenvalue weighted by atomic mass is 10.0. The molecule has 148 valence electrons. The van der Waals surface area contributed by atoms with Gasteiger partial charge in [0, 0.05) is 18.1 Å². The molecule has 0 saturated carbocycles. The van der Waals surface area contributed by atoms with E-state index in [0.29, 0.717) is 35.1 Å². The molecule has 0 unspecified atom stereocenters. The van der Waals surface area contributed by atoms with E-state index in [4.69, 9.17) is 16.4 Å². The van der Waals surface area contributed by atoms with E-state index in [9.17, 15) is 8.42 Å². The molecule has 9 heteroatoms. The summed E-state index contributed by atoms with van der Waals surface area (Å²) in [5.74, 6) is 0.363. The van der Waals surface area contributed by atoms with Crippen LogP contribution in [-0.2, 0) is 16.6 Å². The van der Waals surface area contributed by atoms with Gasteiger partial charge in [-0.2, -0.15) is 4.31 Å². The van der Waals surface area contributed by atoms with Gasteiger partial charge >= 0.3 is 0 Å². The Labute approximate surface area is 168 Å². The predicted octanol–water partition coefficient (Wildman–Crippen LogP) is 3.13. The van der Waals surface area contributed by atoms with Crippen molar-refractivity contribution in [2.75, 3.05) is 13.1 Å². The molecule has 1 aliphatic heterocycles. The minimum Gasteiger partial charge on any atom is -0.390 e. The summed E-state index contributed by atoms with van der Waals surface area (Å²) in [6, 6.07) is 12.1. The number of rotatable bonds is 5. The number of fused-ring (bicyclic) bond motifs is 1. The molecule has 1 saturated heterocycles. The van der Waals surface area contributed by atoms with E-state index >= 15 is 0 Å². The molecule has 1 aromatic heterocycles. The number of hydrogen-bond donors (Lipinski definition) is 0. The highest BCUT2D eigenvalue weighted by Crippen LogP contribution is 2.25. The zero-order valence-electron chi connectivity index (χ0n) is 15.5. The molecule has 1 fully saturated rings. The standard InChI is InChI=1S/C19H21ClN4O3S/c1-14-3-2-10-23(12-14)28(25,26)17-8-9-18-19(11-17)24(22-21-18)27-13-15-4-6-16(20)7-5-15/h4-9,11,14H,2-3,10,12-13H2,1H3/t14-/m0/s1. The Hall–Kier alpha value is -2.16. The highest BCUT2D eigenvalue weighted by molar-refractivity contribution is 7.89. The molecule has 28 heavy (non-hydrogen) atoms. The van der Waals surface area contributed by atoms with Crippen LogP contribution in [0, 0.1) is 5.92 Å². The van der Waals surface area contributed by atoms with E-state index in [0.717, 1.165) is 18.4 Å². The fourth-order valence-electron chi connectivity index (χ4n) is 3.36. The van der Waals surface area contributed by atoms with Gasteiger partial charge in [0.2, 0.25) is 10.0 Å². The molecule has 0 N–H and O–H groups in total. The van der Waals surface area contributed by atoms with Crippen molar-refractivity contribution in [1.82, 2.24) is 19.5 Å². The maximum Gasteiger partial charge on any atom is 0.243 e. The molecular formula is C19H21ClN4O3S. The molecule has 1 atom stereocenters. The summed E-state index contributed by atoms with van der Waals surface area (Å²) < 4.78 is 27.6. The Morgan fingerprint density at radius 2 is 2.00 bits per heavy atom. The quantitative estimate of drug-likeness (QED) is 0.633. The van der Waals surface area contributed by atoms with Crippen LogP contribution in [0.5, 0.6) is 0 Å². The van der Waals surface area contributed by atoms with Crippen LogP contribution in [0.2, 0.25) is 5.02 Å². The smallest absolute Gasteiger partial charge is 0.243 e. The zero-order valence-corrected chi connectivity index (χ0v) is 17.0. The van der Waals surface area contributed by atoms with Crippen molar-refractivity contribution in [3.8, 4) is 0 Å². The summed E-state index contributed by atoms with van der Waals surface area (Å²) in [5, 5.41) is 8.69. The fourth-order valence-corrected chi connectivity index (χ4v) is 5.11. The van der Waals surface area contributed by atoms with Crippen LogP contribution in [0.25, 0.3) is 11.0 Å². The molecular weight excluding hydrogens is 400 g/mol. The average molecular weight is 421 g/mol. The first-order valence-electron chi connectivity index (χ1n) is 9.17. The first-order valence-corrected chi connectivity index (χ1v) is 11.0. The van der Waals surface area contributed by atoms with Gasteiger partial charge in [-0.25, -0.2) is 8.42 Å². The highest BCUT2D eigenvalue weighted by Gasteiger charge is 2.29. The number of aromatic nitrogens is 3. The van der Waals surface area contributed by atoms with Gasteiger partial charge in [-0.15, -0.1) is 5.10 Å². The molecule has 7 nitrogen and oxygen atoms in total. The number of hydrogen-bond acceptors (Lipinski definition) is 5. The summed E-state index contributed by atoms with van der Waals surface area (Å²) in [7, 11) is -3.56. The molecule has 0 amide bonds. The Morgan fingerprint density at radius 3 is 2.75 bits per heavy atom. The summed E-state index contributed by atoms with van der Waals surface area (Å²) in [6.07, 6.45) is 1.94. The third kappa shape index (κ3) is 3.85. The fraction of sp³-hybridized carbons (Fsp3) is 0.368. The maximum absolute atomic E-state index is 13.0. The number of nitrogens with zero attached hydrogens (tertiary/aromatic N) is 4. The van der Waals surface area contributed by atoms with E-state index in [2.05, 4.69) is 17.2 Å². The maximum atomic E-state index is 13.0. The predicted molar refractivity (Wildman–Crippen MR) is 106 cm³/mol. The van der Waals surface area contributed by atoms with Crippen molar-refractivity contribution in [2.24, 2.45) is 5.92 Å². The van der Waals surface area contributed by atoms with Gasteiger partial charge in [-0.1, -0.05) is 35.5 Å². The molecule has 2 aromatic carbocycles. The van der Waals surface area contributed by atoms with Gasteiger partial charge in [-0.3, -0.25) is 0 Å². The van der Waals surface area contributed by atoms with Crippen molar-refractivity contribution in [1.29, 1.82) is 0 Å². The second-order valence-corrected chi connectivity index (χ2v) is 9.50. The Bertz CT molecular complexity index is 1080. The lowest BCUT2D eigenvalue weighted by Gasteiger charge is -2.30. The Kier molecular flexibility index (Phi) is 5.27. The zero-order chi connectivity index (χ0) is 19.7. The van der Waals surface area contributed by atoms with Crippen molar-refractivity contribution in [2.45, 2.75) is 31.3 Å². The monoisotopic (exact) mass is 420 g/mol. The summed E-state index contributed by atoms with van der Waals surface area (Å²) in [6.45, 7) is 3.44. The molecule has 4 rings (SSSR count). The molecule has 0 spiro atoms. The third-order valence-corrected chi connectivity index (χ3v) is 7.02. The van der Waals surface area contributed by atoms with Gasteiger partial charge in [0.25, 0.3) is 0 Å². The van der Waals surface area contributed by atoms with Crippen molar-refractivity contribution < 1.29 is 13.3 Å². The number of sulfonamides is 1. The topological polar surface area (TPSA) is 77.3 Å². The average Bonchev–Trinajstić information content (AvgIpc) is 3.10. The van der Waals surface area contributed by atoms with Crippen LogP contribution in [-0.4, -0.2) is 41.0 Å². The Morgan fingerprint density at radius 1 is 1.21 bits per heavy atom. The van der Waals surface area contributed by atoms with E-state index in [-0.39, 0.29) is 11.5 Å². The minimum atomic E-state index is -3.56. The van der Waals surface area contributed by atoms with Crippen LogP contribution >= 0.6 is 11.6 Å². The second kappa shape index (κ2) is 7.69. The van der Waals surface area contributed by atoms with Gasteiger partial charge < -0.3 is 4.84 Å². The van der Waals surface area contributed by atoms with Crippen LogP contribution in [0.1, 0.15) is 25.3 Å². The van der Waals surface area contributed by atoms with Crippen LogP contribution < -0.4 is 4.84 Å². The van der Waals surface area contributed by atoms with Gasteiger partial charge in [-0.05, 0) is 59.9 Å². The number of piperidine rings is 1. The highest BCUT2D eigenvalue weighted by atomic mass is 35.5. The van der Waals surface area contributed by atoms with Crippen LogP contribution in [0.15, 0.2) is 47.4 Å². The van der Waals surface area contributed by atoms with Crippen molar-refractivity contribution in [3.63, 3.8) is 0 Å². The summed E-state index contributed by atoms with van der Waals surface area (Å²) in [4.78, 5) is 7.20. The molecule has 3 aromatic rings. The lowest BCUT2D eigenvalue weighted by molar-refractivity contribution is 0.0751. The largest absolute Gasteiger partial charge is 0.390 e. The first kappa shape index (κ1) is 19.2. The van der Waals surface area contributed by atoms with Crippen LogP contribution in [0.4, 0.5) is 0 Å². The number of benzene rings is 2. The molecule has 0 aliphatic carbocycles. The second-order valence-electron chi connectivity index (χ2n) is 7.12. The van der Waals surface area contributed by atoms with E-state index < -0.39 is 10.0 Å². The Balaban J connectivity index is 1.59. The van der Waals surface area contributed by atoms with Gasteiger partial charge in [0.15, 0.2) is 0 Å². The lowest BCUT2D eigenvalue weighted by Crippen LogP contribution is -2.39. The minimum absolute atomic E-state index is 0.229. The molecule has 0 bridgehead atoms.